The minimum absolute atomic E-state index is 0.0927. The number of hydrogen-bond acceptors (Lipinski definition) is 5. The van der Waals surface area contributed by atoms with Gasteiger partial charge in [-0.25, -0.2) is 8.42 Å². The molecule has 1 aliphatic heterocycles. The molecule has 0 saturated carbocycles. The quantitative estimate of drug-likeness (QED) is 0.628. The first-order valence-corrected chi connectivity index (χ1v) is 11.5. The third-order valence-electron chi connectivity index (χ3n) is 5.16. The summed E-state index contributed by atoms with van der Waals surface area (Å²) >= 11 is 0. The minimum atomic E-state index is -3.52. The van der Waals surface area contributed by atoms with E-state index in [1.165, 1.54) is 9.87 Å². The predicted molar refractivity (Wildman–Crippen MR) is 116 cm³/mol. The Bertz CT molecular complexity index is 1080. The number of aromatic nitrogens is 2. The molecule has 7 nitrogen and oxygen atoms in total. The van der Waals surface area contributed by atoms with Gasteiger partial charge in [0.15, 0.2) is 0 Å². The molecule has 1 N–H and O–H groups in total. The molecule has 0 spiro atoms. The van der Waals surface area contributed by atoms with Gasteiger partial charge < -0.3 is 10.1 Å². The largest absolute Gasteiger partial charge is 0.379 e. The van der Waals surface area contributed by atoms with E-state index in [0.29, 0.717) is 37.7 Å². The minimum Gasteiger partial charge on any atom is -0.379 e. The number of anilines is 1. The Labute approximate surface area is 177 Å². The van der Waals surface area contributed by atoms with Gasteiger partial charge in [-0.05, 0) is 30.2 Å². The molecule has 1 fully saturated rings. The highest BCUT2D eigenvalue weighted by Gasteiger charge is 2.26. The van der Waals surface area contributed by atoms with Crippen molar-refractivity contribution in [2.75, 3.05) is 31.6 Å². The molecule has 1 atom stereocenters. The molecule has 1 saturated heterocycles. The van der Waals surface area contributed by atoms with Crippen LogP contribution in [0.1, 0.15) is 24.1 Å². The van der Waals surface area contributed by atoms with Gasteiger partial charge in [-0.1, -0.05) is 42.5 Å². The van der Waals surface area contributed by atoms with Crippen LogP contribution in [0.4, 0.5) is 5.82 Å². The SMILES string of the molecule is C[C@H](Nc1ccn(Cc2ccccc2)n1)c1cccc(S(=O)(=O)N2CCOCC2)c1. The number of ether oxygens (including phenoxy) is 1. The summed E-state index contributed by atoms with van der Waals surface area (Å²) in [6.45, 7) is 4.34. The average Bonchev–Trinajstić information content (AvgIpc) is 3.21. The van der Waals surface area contributed by atoms with Gasteiger partial charge in [-0.15, -0.1) is 0 Å². The Morgan fingerprint density at radius 3 is 2.60 bits per heavy atom. The molecule has 8 heteroatoms. The maximum atomic E-state index is 12.9. The zero-order chi connectivity index (χ0) is 21.0. The van der Waals surface area contributed by atoms with E-state index in [1.54, 1.807) is 18.2 Å². The van der Waals surface area contributed by atoms with Gasteiger partial charge >= 0.3 is 0 Å². The molecule has 0 amide bonds. The van der Waals surface area contributed by atoms with Crippen LogP contribution in [0.3, 0.4) is 0 Å². The van der Waals surface area contributed by atoms with Gasteiger partial charge in [0, 0.05) is 25.4 Å². The summed E-state index contributed by atoms with van der Waals surface area (Å²) in [5.74, 6) is 0.750. The first-order valence-electron chi connectivity index (χ1n) is 10.0. The second-order valence-electron chi connectivity index (χ2n) is 7.34. The van der Waals surface area contributed by atoms with Crippen LogP contribution in [0.25, 0.3) is 0 Å². The topological polar surface area (TPSA) is 76.5 Å². The number of benzene rings is 2. The van der Waals surface area contributed by atoms with Crippen molar-refractivity contribution in [3.8, 4) is 0 Å². The normalized spacial score (nSPS) is 16.3. The highest BCUT2D eigenvalue weighted by Crippen LogP contribution is 2.23. The van der Waals surface area contributed by atoms with Crippen LogP contribution in [-0.4, -0.2) is 48.8 Å². The Kier molecular flexibility index (Phi) is 6.17. The Morgan fingerprint density at radius 2 is 1.83 bits per heavy atom. The first-order chi connectivity index (χ1) is 14.5. The van der Waals surface area contributed by atoms with Crippen molar-refractivity contribution in [1.82, 2.24) is 14.1 Å². The van der Waals surface area contributed by atoms with E-state index < -0.39 is 10.0 Å². The third kappa shape index (κ3) is 4.72. The predicted octanol–water partition coefficient (Wildman–Crippen LogP) is 3.13. The van der Waals surface area contributed by atoms with Gasteiger partial charge in [0.05, 0.1) is 30.7 Å². The van der Waals surface area contributed by atoms with Crippen LogP contribution in [-0.2, 0) is 21.3 Å². The van der Waals surface area contributed by atoms with E-state index in [1.807, 2.05) is 48.1 Å². The van der Waals surface area contributed by atoms with Gasteiger partial charge in [0.2, 0.25) is 10.0 Å². The molecule has 2 heterocycles. The second-order valence-corrected chi connectivity index (χ2v) is 9.28. The highest BCUT2D eigenvalue weighted by atomic mass is 32.2. The molecule has 4 rings (SSSR count). The smallest absolute Gasteiger partial charge is 0.243 e. The summed E-state index contributed by atoms with van der Waals surface area (Å²) in [6.07, 6.45) is 1.93. The summed E-state index contributed by atoms with van der Waals surface area (Å²) in [4.78, 5) is 0.310. The van der Waals surface area contributed by atoms with E-state index in [9.17, 15) is 8.42 Å². The zero-order valence-corrected chi connectivity index (χ0v) is 17.8. The summed E-state index contributed by atoms with van der Waals surface area (Å²) in [5.41, 5.74) is 2.07. The summed E-state index contributed by atoms with van der Waals surface area (Å²) < 4.78 is 34.5. The fourth-order valence-corrected chi connectivity index (χ4v) is 4.95. The molecule has 0 aliphatic carbocycles. The van der Waals surface area contributed by atoms with Crippen molar-refractivity contribution in [3.63, 3.8) is 0 Å². The Morgan fingerprint density at radius 1 is 1.07 bits per heavy atom. The number of nitrogens with zero attached hydrogens (tertiary/aromatic N) is 3. The number of hydrogen-bond donors (Lipinski definition) is 1. The van der Waals surface area contributed by atoms with E-state index in [2.05, 4.69) is 22.5 Å². The van der Waals surface area contributed by atoms with Gasteiger partial charge in [-0.3, -0.25) is 4.68 Å². The molecular weight excluding hydrogens is 400 g/mol. The molecular formula is C22H26N4O3S. The molecule has 1 aliphatic rings. The lowest BCUT2D eigenvalue weighted by Crippen LogP contribution is -2.40. The summed E-state index contributed by atoms with van der Waals surface area (Å²) in [7, 11) is -3.52. The van der Waals surface area contributed by atoms with Crippen molar-refractivity contribution in [1.29, 1.82) is 0 Å². The molecule has 158 valence electrons. The number of sulfonamides is 1. The summed E-state index contributed by atoms with van der Waals surface area (Å²) in [6, 6.07) is 19.1. The standard InChI is InChI=1S/C22H26N4O3S/c1-18(23-22-10-11-25(24-22)17-19-6-3-2-4-7-19)20-8-5-9-21(16-20)30(27,28)26-12-14-29-15-13-26/h2-11,16,18H,12-15,17H2,1H3,(H,23,24)/t18-/m0/s1. The summed E-state index contributed by atoms with van der Waals surface area (Å²) in [5, 5.41) is 7.94. The number of morpholine rings is 1. The Hall–Kier alpha value is -2.68. The fraction of sp³-hybridized carbons (Fsp3) is 0.318. The average molecular weight is 427 g/mol. The van der Waals surface area contributed by atoms with Crippen molar-refractivity contribution in [3.05, 3.63) is 78.0 Å². The molecule has 0 unspecified atom stereocenters. The fourth-order valence-electron chi connectivity index (χ4n) is 3.48. The number of rotatable bonds is 7. The van der Waals surface area contributed by atoms with Gasteiger partial charge in [0.25, 0.3) is 0 Å². The first kappa shape index (κ1) is 20.6. The third-order valence-corrected chi connectivity index (χ3v) is 7.05. The van der Waals surface area contributed by atoms with E-state index in [0.717, 1.165) is 11.4 Å². The lowest BCUT2D eigenvalue weighted by Gasteiger charge is -2.26. The zero-order valence-electron chi connectivity index (χ0n) is 16.9. The lowest BCUT2D eigenvalue weighted by molar-refractivity contribution is 0.0730. The maximum Gasteiger partial charge on any atom is 0.243 e. The van der Waals surface area contributed by atoms with Crippen LogP contribution in [0.15, 0.2) is 71.8 Å². The second kappa shape index (κ2) is 8.99. The monoisotopic (exact) mass is 426 g/mol. The van der Waals surface area contributed by atoms with E-state index in [-0.39, 0.29) is 6.04 Å². The van der Waals surface area contributed by atoms with Crippen molar-refractivity contribution >= 4 is 15.8 Å². The van der Waals surface area contributed by atoms with E-state index in [4.69, 9.17) is 4.74 Å². The molecule has 3 aromatic rings. The van der Waals surface area contributed by atoms with E-state index >= 15 is 0 Å². The molecule has 1 aromatic heterocycles. The maximum absolute atomic E-state index is 12.9. The Balaban J connectivity index is 1.45. The van der Waals surface area contributed by atoms with Gasteiger partial charge in [0.1, 0.15) is 5.82 Å². The van der Waals surface area contributed by atoms with Crippen LogP contribution in [0, 0.1) is 0 Å². The molecule has 0 bridgehead atoms. The molecule has 2 aromatic carbocycles. The van der Waals surface area contributed by atoms with Crippen LogP contribution in [0.2, 0.25) is 0 Å². The van der Waals surface area contributed by atoms with Gasteiger partial charge in [-0.2, -0.15) is 9.40 Å². The van der Waals surface area contributed by atoms with Crippen LogP contribution >= 0.6 is 0 Å². The van der Waals surface area contributed by atoms with Crippen molar-refractivity contribution in [2.24, 2.45) is 0 Å². The van der Waals surface area contributed by atoms with Crippen LogP contribution in [0.5, 0.6) is 0 Å². The van der Waals surface area contributed by atoms with Crippen molar-refractivity contribution < 1.29 is 13.2 Å². The van der Waals surface area contributed by atoms with Crippen molar-refractivity contribution in [2.45, 2.75) is 24.4 Å². The molecule has 30 heavy (non-hydrogen) atoms. The number of nitrogens with one attached hydrogen (secondary N) is 1. The molecule has 0 radical (unpaired) electrons. The van der Waals surface area contributed by atoms with Crippen LogP contribution < -0.4 is 5.32 Å². The lowest BCUT2D eigenvalue weighted by atomic mass is 10.1. The highest BCUT2D eigenvalue weighted by molar-refractivity contribution is 7.89.